The number of aliphatic hydroxyl groups excluding tert-OH is 2. The molecule has 0 fully saturated rings. The number of benzene rings is 2. The molecule has 2 unspecified atom stereocenters. The first kappa shape index (κ1) is 37.9. The Morgan fingerprint density at radius 3 is 1.42 bits per heavy atom. The van der Waals surface area contributed by atoms with Gasteiger partial charge in [-0.05, 0) is 32.9 Å². The number of ether oxygens (including phenoxy) is 1. The average Bonchev–Trinajstić information content (AvgIpc) is 2.86. The Labute approximate surface area is 247 Å². The minimum Gasteiger partial charge on any atom is -0.444 e. The Morgan fingerprint density at radius 2 is 1.12 bits per heavy atom. The number of aliphatic hydroxyl groups is 2. The van der Waals surface area contributed by atoms with Crippen LogP contribution in [0.15, 0.2) is 48.5 Å². The zero-order valence-electron chi connectivity index (χ0n) is 23.2. The Balaban J connectivity index is 0.000000434. The maximum absolute atomic E-state index is 14.0. The van der Waals surface area contributed by atoms with Crippen molar-refractivity contribution < 1.29 is 59.7 Å². The van der Waals surface area contributed by atoms with Crippen LogP contribution in [0.5, 0.6) is 0 Å². The number of halogens is 9. The van der Waals surface area contributed by atoms with Gasteiger partial charge in [0.1, 0.15) is 23.1 Å². The third kappa shape index (κ3) is 9.66. The van der Waals surface area contributed by atoms with Gasteiger partial charge in [-0.15, -0.1) is 11.6 Å². The van der Waals surface area contributed by atoms with Crippen molar-refractivity contribution in [2.45, 2.75) is 62.6 Å². The van der Waals surface area contributed by atoms with E-state index >= 15 is 0 Å². The predicted octanol–water partition coefficient (Wildman–Crippen LogP) is 5.81. The number of carbonyl (C=O) groups excluding carboxylic acids is 2. The topological polar surface area (TPSA) is 108 Å². The van der Waals surface area contributed by atoms with Crippen LogP contribution >= 0.6 is 11.6 Å². The summed E-state index contributed by atoms with van der Waals surface area (Å²) in [6, 6.07) is 8.40. The van der Waals surface area contributed by atoms with Gasteiger partial charge in [0, 0.05) is 37.2 Å². The normalized spacial score (nSPS) is 14.8. The molecule has 0 saturated heterocycles. The van der Waals surface area contributed by atoms with Gasteiger partial charge in [0.05, 0.1) is 0 Å². The highest BCUT2D eigenvalue weighted by atomic mass is 35.5. The molecule has 2 aromatic carbocycles. The van der Waals surface area contributed by atoms with Gasteiger partial charge in [-0.3, -0.25) is 4.79 Å². The third-order valence-electron chi connectivity index (χ3n) is 5.80. The quantitative estimate of drug-likeness (QED) is 0.202. The molecule has 0 heterocycles. The Kier molecular flexibility index (Phi) is 13.2. The molecule has 43 heavy (non-hydrogen) atoms. The summed E-state index contributed by atoms with van der Waals surface area (Å²) < 4.78 is 114. The van der Waals surface area contributed by atoms with E-state index in [2.05, 4.69) is 0 Å². The van der Waals surface area contributed by atoms with Gasteiger partial charge in [-0.2, -0.15) is 26.3 Å². The summed E-state index contributed by atoms with van der Waals surface area (Å²) in [7, 11) is 0. The van der Waals surface area contributed by atoms with E-state index in [0.717, 1.165) is 24.3 Å². The zero-order valence-corrected chi connectivity index (χ0v) is 23.9. The minimum atomic E-state index is -5.05. The molecule has 0 radical (unpaired) electrons. The fourth-order valence-corrected chi connectivity index (χ4v) is 4.03. The van der Waals surface area contributed by atoms with E-state index in [1.54, 1.807) is 10.6 Å². The highest BCUT2D eigenvalue weighted by Gasteiger charge is 2.59. The summed E-state index contributed by atoms with van der Waals surface area (Å²) in [5, 5.41) is 21.3. The van der Waals surface area contributed by atoms with Gasteiger partial charge in [0.2, 0.25) is 5.91 Å². The lowest BCUT2D eigenvalue weighted by Gasteiger charge is -2.37. The second kappa shape index (κ2) is 15.0. The first-order valence-corrected chi connectivity index (χ1v) is 13.0. The van der Waals surface area contributed by atoms with Crippen molar-refractivity contribution >= 4 is 23.6 Å². The number of carbonyl (C=O) groups is 2. The Morgan fingerprint density at radius 1 is 0.744 bits per heavy atom. The molecule has 2 rings (SSSR count). The molecule has 242 valence electrons. The second-order valence-corrected chi connectivity index (χ2v) is 10.3. The molecule has 2 aromatic rings. The molecule has 2 amide bonds. The van der Waals surface area contributed by atoms with E-state index in [1.807, 2.05) is 0 Å². The van der Waals surface area contributed by atoms with Crippen molar-refractivity contribution in [2.75, 3.05) is 19.1 Å². The second-order valence-electron chi connectivity index (χ2n) is 10.0. The summed E-state index contributed by atoms with van der Waals surface area (Å²) in [4.78, 5) is 23.1. The number of hydrogen-bond acceptors (Lipinski definition) is 5. The molecule has 2 atom stereocenters. The van der Waals surface area contributed by atoms with Crippen molar-refractivity contribution in [1.82, 2.24) is 10.6 Å². The molecule has 0 bridgehead atoms. The predicted molar refractivity (Wildman–Crippen MR) is 140 cm³/mol. The van der Waals surface area contributed by atoms with Crippen LogP contribution in [-0.4, -0.2) is 59.3 Å². The Bertz CT molecular complexity index is 1220. The number of amides is 2. The fraction of sp³-hybridized carbons (Fsp3) is 0.481. The van der Waals surface area contributed by atoms with Crippen LogP contribution < -0.4 is 10.6 Å². The van der Waals surface area contributed by atoms with Gasteiger partial charge in [-0.25, -0.2) is 13.6 Å². The maximum atomic E-state index is 14.0. The van der Waals surface area contributed by atoms with Crippen molar-refractivity contribution in [1.29, 1.82) is 0 Å². The van der Waals surface area contributed by atoms with Gasteiger partial charge in [0.25, 0.3) is 0 Å². The van der Waals surface area contributed by atoms with E-state index in [1.165, 1.54) is 45.0 Å². The molecule has 7 nitrogen and oxygen atoms in total. The number of hydrogen-bond donors (Lipinski definition) is 4. The maximum Gasteiger partial charge on any atom is 0.416 e. The van der Waals surface area contributed by atoms with Crippen LogP contribution in [0.25, 0.3) is 0 Å². The lowest BCUT2D eigenvalue weighted by molar-refractivity contribution is -0.207. The number of alkyl carbamates (subject to hydrolysis) is 1. The molecule has 0 aliphatic heterocycles. The van der Waals surface area contributed by atoms with Gasteiger partial charge < -0.3 is 25.6 Å². The van der Waals surface area contributed by atoms with Crippen molar-refractivity contribution in [3.8, 4) is 0 Å². The van der Waals surface area contributed by atoms with E-state index in [0.29, 0.717) is 0 Å². The molecule has 16 heteroatoms. The number of nitrogens with one attached hydrogen (secondary N) is 2. The molecule has 0 aliphatic rings. The van der Waals surface area contributed by atoms with Crippen LogP contribution in [-0.2, 0) is 20.6 Å². The number of alkyl halides is 7. The standard InChI is InChI=1S/C15H19F4NO3.C12H12ClF4NO2/c1-13(2,3)23-12(22)20-14(8-9-21,15(17,18)19)10-6-4-5-7-11(10)16;13-7-10(20)18-11(5-6-19,12(15,16)17)8-3-1-2-4-9(8)14/h4-7,21H,8-9H2,1-3H3,(H,20,22);1-4,19H,5-7H2,(H,18,20). The summed E-state index contributed by atoms with van der Waals surface area (Å²) >= 11 is 5.20. The van der Waals surface area contributed by atoms with Crippen molar-refractivity contribution in [2.24, 2.45) is 0 Å². The van der Waals surface area contributed by atoms with E-state index < -0.39 is 95.7 Å². The molecule has 0 spiro atoms. The van der Waals surface area contributed by atoms with Crippen LogP contribution in [0.1, 0.15) is 44.7 Å². The van der Waals surface area contributed by atoms with E-state index in [4.69, 9.17) is 26.6 Å². The fourth-order valence-electron chi connectivity index (χ4n) is 3.96. The van der Waals surface area contributed by atoms with E-state index in [-0.39, 0.29) is 0 Å². The first-order valence-electron chi connectivity index (χ1n) is 12.4. The SMILES string of the molecule is CC(C)(C)OC(=O)NC(CCO)(c1ccccc1F)C(F)(F)F.O=C(CCl)NC(CCO)(c1ccccc1F)C(F)(F)F. The monoisotopic (exact) mass is 650 g/mol. The summed E-state index contributed by atoms with van der Waals surface area (Å²) in [5.41, 5.74) is -8.68. The lowest BCUT2D eigenvalue weighted by atomic mass is 9.85. The third-order valence-corrected chi connectivity index (χ3v) is 6.04. The first-order chi connectivity index (χ1) is 19.7. The smallest absolute Gasteiger partial charge is 0.416 e. The highest BCUT2D eigenvalue weighted by Crippen LogP contribution is 2.44. The van der Waals surface area contributed by atoms with Crippen molar-refractivity contribution in [3.05, 3.63) is 71.3 Å². The molecule has 0 aliphatic carbocycles. The summed E-state index contributed by atoms with van der Waals surface area (Å²) in [6.07, 6.45) is -13.3. The summed E-state index contributed by atoms with van der Waals surface area (Å²) in [5.74, 6) is -4.10. The average molecular weight is 651 g/mol. The van der Waals surface area contributed by atoms with Crippen LogP contribution in [0, 0.1) is 11.6 Å². The van der Waals surface area contributed by atoms with E-state index in [9.17, 15) is 44.7 Å². The molecular formula is C27H31ClF8N2O5. The molecule has 4 N–H and O–H groups in total. The molecule has 0 saturated carbocycles. The molecular weight excluding hydrogens is 620 g/mol. The Hall–Kier alpha value is -3.17. The van der Waals surface area contributed by atoms with Crippen molar-refractivity contribution in [3.63, 3.8) is 0 Å². The lowest BCUT2D eigenvalue weighted by Crippen LogP contribution is -2.57. The van der Waals surface area contributed by atoms with Crippen LogP contribution in [0.2, 0.25) is 0 Å². The zero-order chi connectivity index (χ0) is 33.3. The number of rotatable bonds is 9. The minimum absolute atomic E-state index is 0.711. The molecule has 0 aromatic heterocycles. The van der Waals surface area contributed by atoms with Gasteiger partial charge in [-0.1, -0.05) is 36.4 Å². The summed E-state index contributed by atoms with van der Waals surface area (Å²) in [6.45, 7) is 2.64. The van der Waals surface area contributed by atoms with Gasteiger partial charge >= 0.3 is 18.4 Å². The largest absolute Gasteiger partial charge is 0.444 e. The van der Waals surface area contributed by atoms with Crippen LogP contribution in [0.4, 0.5) is 39.9 Å². The van der Waals surface area contributed by atoms with Gasteiger partial charge in [0.15, 0.2) is 11.1 Å². The van der Waals surface area contributed by atoms with Crippen LogP contribution in [0.3, 0.4) is 0 Å². The highest BCUT2D eigenvalue weighted by molar-refractivity contribution is 6.27.